The summed E-state index contributed by atoms with van der Waals surface area (Å²) in [7, 11) is 0. The maximum absolute atomic E-state index is 12.6. The molecule has 2 rings (SSSR count). The predicted octanol–water partition coefficient (Wildman–Crippen LogP) is 4.29. The average molecular weight is 394 g/mol. The van der Waals surface area contributed by atoms with Gasteiger partial charge in [0.05, 0.1) is 0 Å². The minimum absolute atomic E-state index is 0.127. The molecule has 0 aromatic heterocycles. The highest BCUT2D eigenvalue weighted by atomic mass is 19.4. The van der Waals surface area contributed by atoms with E-state index in [0.717, 1.165) is 17.7 Å². The summed E-state index contributed by atoms with van der Waals surface area (Å²) in [5, 5.41) is 5.19. The van der Waals surface area contributed by atoms with Gasteiger partial charge in [0.2, 0.25) is 5.91 Å². The van der Waals surface area contributed by atoms with Crippen LogP contribution in [0.15, 0.2) is 48.5 Å². The van der Waals surface area contributed by atoms with E-state index < -0.39 is 30.0 Å². The van der Waals surface area contributed by atoms with Crippen LogP contribution >= 0.6 is 0 Å². The summed E-state index contributed by atoms with van der Waals surface area (Å²) in [6.45, 7) is 5.35. The summed E-state index contributed by atoms with van der Waals surface area (Å²) in [5.74, 6) is -1.65. The third-order valence-electron chi connectivity index (χ3n) is 3.85. The molecule has 0 radical (unpaired) electrons. The number of alkyl halides is 3. The Labute approximate surface area is 160 Å². The van der Waals surface area contributed by atoms with Crippen molar-refractivity contribution in [1.29, 1.82) is 0 Å². The molecule has 0 aliphatic heterocycles. The molecule has 0 saturated carbocycles. The van der Waals surface area contributed by atoms with E-state index in [9.17, 15) is 22.8 Å². The molecule has 1 unspecified atom stereocenters. The fourth-order valence-corrected chi connectivity index (χ4v) is 2.54. The first-order valence-corrected chi connectivity index (χ1v) is 8.59. The summed E-state index contributed by atoms with van der Waals surface area (Å²) < 4.78 is 40.9. The molecule has 2 aromatic rings. The second kappa shape index (κ2) is 8.77. The van der Waals surface area contributed by atoms with E-state index in [0.29, 0.717) is 5.56 Å². The standard InChI is InChI=1S/C20H21F3N2O3/c1-12(2)17(25-18(26)14-7-4-6-13(3)10-14)19(27)24-15-8-5-9-16(11-15)28-20(21,22)23/h4-12,17H,1-3H3,(H,24,27)(H,25,26). The SMILES string of the molecule is Cc1cccc(C(=O)NC(C(=O)Nc2cccc(OC(F)(F)F)c2)C(C)C)c1. The van der Waals surface area contributed by atoms with Crippen LogP contribution in [0.4, 0.5) is 18.9 Å². The maximum Gasteiger partial charge on any atom is 0.573 e. The molecule has 2 N–H and O–H groups in total. The van der Waals surface area contributed by atoms with Crippen molar-refractivity contribution in [2.24, 2.45) is 5.92 Å². The molecule has 0 aliphatic rings. The van der Waals surface area contributed by atoms with Crippen LogP contribution in [0.1, 0.15) is 29.8 Å². The largest absolute Gasteiger partial charge is 0.573 e. The molecule has 1 atom stereocenters. The Hall–Kier alpha value is -3.03. The Morgan fingerprint density at radius 2 is 1.71 bits per heavy atom. The van der Waals surface area contributed by atoms with Gasteiger partial charge in [-0.3, -0.25) is 9.59 Å². The number of benzene rings is 2. The van der Waals surface area contributed by atoms with Crippen LogP contribution in [-0.4, -0.2) is 24.2 Å². The van der Waals surface area contributed by atoms with Crippen LogP contribution in [0.3, 0.4) is 0 Å². The topological polar surface area (TPSA) is 67.4 Å². The summed E-state index contributed by atoms with van der Waals surface area (Å²) in [6.07, 6.45) is -4.83. The summed E-state index contributed by atoms with van der Waals surface area (Å²) in [6, 6.07) is 11.0. The first-order chi connectivity index (χ1) is 13.0. The number of anilines is 1. The molecule has 2 aromatic carbocycles. The van der Waals surface area contributed by atoms with Gasteiger partial charge in [-0.25, -0.2) is 0 Å². The number of ether oxygens (including phenoxy) is 1. The lowest BCUT2D eigenvalue weighted by molar-refractivity contribution is -0.274. The van der Waals surface area contributed by atoms with Crippen molar-refractivity contribution in [2.75, 3.05) is 5.32 Å². The van der Waals surface area contributed by atoms with Crippen LogP contribution in [0.5, 0.6) is 5.75 Å². The molecular weight excluding hydrogens is 373 g/mol. The summed E-state index contributed by atoms with van der Waals surface area (Å²) >= 11 is 0. The third-order valence-corrected chi connectivity index (χ3v) is 3.85. The molecule has 28 heavy (non-hydrogen) atoms. The molecular formula is C20H21F3N2O3. The number of hydrogen-bond donors (Lipinski definition) is 2. The van der Waals surface area contributed by atoms with Gasteiger partial charge in [0.1, 0.15) is 11.8 Å². The molecule has 0 fully saturated rings. The van der Waals surface area contributed by atoms with Crippen LogP contribution in [0, 0.1) is 12.8 Å². The van der Waals surface area contributed by atoms with Gasteiger partial charge < -0.3 is 15.4 Å². The van der Waals surface area contributed by atoms with Crippen molar-refractivity contribution in [1.82, 2.24) is 5.32 Å². The maximum atomic E-state index is 12.6. The molecule has 0 heterocycles. The zero-order valence-electron chi connectivity index (χ0n) is 15.6. The normalized spacial score (nSPS) is 12.4. The minimum atomic E-state index is -4.83. The van der Waals surface area contributed by atoms with E-state index in [1.807, 2.05) is 13.0 Å². The van der Waals surface area contributed by atoms with Crippen LogP contribution in [0.2, 0.25) is 0 Å². The Morgan fingerprint density at radius 3 is 2.32 bits per heavy atom. The monoisotopic (exact) mass is 394 g/mol. The summed E-state index contributed by atoms with van der Waals surface area (Å²) in [5.41, 5.74) is 1.45. The van der Waals surface area contributed by atoms with Gasteiger partial charge in [0, 0.05) is 17.3 Å². The number of halogens is 3. The number of nitrogens with one attached hydrogen (secondary N) is 2. The molecule has 0 bridgehead atoms. The zero-order valence-corrected chi connectivity index (χ0v) is 15.6. The highest BCUT2D eigenvalue weighted by molar-refractivity contribution is 6.01. The second-order valence-electron chi connectivity index (χ2n) is 6.63. The lowest BCUT2D eigenvalue weighted by atomic mass is 10.0. The highest BCUT2D eigenvalue weighted by Crippen LogP contribution is 2.25. The first kappa shape index (κ1) is 21.3. The Kier molecular flexibility index (Phi) is 6.66. The van der Waals surface area contributed by atoms with Crippen LogP contribution in [-0.2, 0) is 4.79 Å². The lowest BCUT2D eigenvalue weighted by Gasteiger charge is -2.22. The van der Waals surface area contributed by atoms with Crippen molar-refractivity contribution in [2.45, 2.75) is 33.2 Å². The number of rotatable bonds is 6. The van der Waals surface area contributed by atoms with E-state index in [1.165, 1.54) is 12.1 Å². The number of aryl methyl sites for hydroxylation is 1. The van der Waals surface area contributed by atoms with Gasteiger partial charge in [-0.15, -0.1) is 13.2 Å². The fourth-order valence-electron chi connectivity index (χ4n) is 2.54. The second-order valence-corrected chi connectivity index (χ2v) is 6.63. The molecule has 8 heteroatoms. The van der Waals surface area contributed by atoms with E-state index in [4.69, 9.17) is 0 Å². The molecule has 0 aliphatic carbocycles. The van der Waals surface area contributed by atoms with E-state index in [2.05, 4.69) is 15.4 Å². The van der Waals surface area contributed by atoms with Crippen molar-refractivity contribution in [3.8, 4) is 5.75 Å². The number of carbonyl (C=O) groups is 2. The Bertz CT molecular complexity index is 851. The zero-order chi connectivity index (χ0) is 20.9. The minimum Gasteiger partial charge on any atom is -0.406 e. The van der Waals surface area contributed by atoms with Crippen LogP contribution in [0.25, 0.3) is 0 Å². The number of carbonyl (C=O) groups excluding carboxylic acids is 2. The fraction of sp³-hybridized carbons (Fsp3) is 0.300. The van der Waals surface area contributed by atoms with Gasteiger partial charge in [0.25, 0.3) is 5.91 Å². The van der Waals surface area contributed by atoms with Crippen molar-refractivity contribution in [3.05, 3.63) is 59.7 Å². The molecule has 150 valence electrons. The van der Waals surface area contributed by atoms with Crippen molar-refractivity contribution >= 4 is 17.5 Å². The van der Waals surface area contributed by atoms with E-state index in [1.54, 1.807) is 32.0 Å². The molecule has 2 amide bonds. The molecule has 0 spiro atoms. The van der Waals surface area contributed by atoms with Gasteiger partial charge in [0.15, 0.2) is 0 Å². The van der Waals surface area contributed by atoms with Gasteiger partial charge in [-0.05, 0) is 37.1 Å². The van der Waals surface area contributed by atoms with Crippen molar-refractivity contribution in [3.63, 3.8) is 0 Å². The van der Waals surface area contributed by atoms with Crippen LogP contribution < -0.4 is 15.4 Å². The predicted molar refractivity (Wildman–Crippen MR) is 99.0 cm³/mol. The molecule has 0 saturated heterocycles. The first-order valence-electron chi connectivity index (χ1n) is 8.59. The number of hydrogen-bond acceptors (Lipinski definition) is 3. The quantitative estimate of drug-likeness (QED) is 0.768. The number of amides is 2. The average Bonchev–Trinajstić information content (AvgIpc) is 2.57. The lowest BCUT2D eigenvalue weighted by Crippen LogP contribution is -2.47. The van der Waals surface area contributed by atoms with Gasteiger partial charge in [-0.1, -0.05) is 37.6 Å². The Balaban J connectivity index is 2.11. The van der Waals surface area contributed by atoms with E-state index in [-0.39, 0.29) is 11.6 Å². The molecule has 5 nitrogen and oxygen atoms in total. The third kappa shape index (κ3) is 6.29. The highest BCUT2D eigenvalue weighted by Gasteiger charge is 2.31. The van der Waals surface area contributed by atoms with E-state index >= 15 is 0 Å². The Morgan fingerprint density at radius 1 is 1.04 bits per heavy atom. The van der Waals surface area contributed by atoms with Gasteiger partial charge >= 0.3 is 6.36 Å². The smallest absolute Gasteiger partial charge is 0.406 e. The van der Waals surface area contributed by atoms with Crippen molar-refractivity contribution < 1.29 is 27.5 Å². The summed E-state index contributed by atoms with van der Waals surface area (Å²) in [4.78, 5) is 25.0. The van der Waals surface area contributed by atoms with Gasteiger partial charge in [-0.2, -0.15) is 0 Å².